The van der Waals surface area contributed by atoms with Crippen molar-refractivity contribution in [3.05, 3.63) is 23.8 Å². The van der Waals surface area contributed by atoms with Crippen LogP contribution in [0.15, 0.2) is 18.2 Å². The summed E-state index contributed by atoms with van der Waals surface area (Å²) in [4.78, 5) is 0. The van der Waals surface area contributed by atoms with E-state index >= 15 is 0 Å². The van der Waals surface area contributed by atoms with Gasteiger partial charge in [-0.05, 0) is 24.1 Å². The lowest BCUT2D eigenvalue weighted by Gasteiger charge is -2.10. The van der Waals surface area contributed by atoms with Gasteiger partial charge in [0.25, 0.3) is 0 Å². The molecule has 0 aliphatic carbocycles. The fourth-order valence-electron chi connectivity index (χ4n) is 1.77. The van der Waals surface area contributed by atoms with Crippen molar-refractivity contribution in [2.45, 2.75) is 6.42 Å². The van der Waals surface area contributed by atoms with Crippen molar-refractivity contribution in [3.63, 3.8) is 0 Å². The molecule has 5 heteroatoms. The number of ether oxygens (including phenoxy) is 4. The number of hydrogen-bond donors (Lipinski definition) is 1. The highest BCUT2D eigenvalue weighted by Gasteiger charge is 2.04. The van der Waals surface area contributed by atoms with Crippen LogP contribution in [0, 0.1) is 0 Å². The summed E-state index contributed by atoms with van der Waals surface area (Å²) in [6.45, 7) is 3.83. The van der Waals surface area contributed by atoms with Crippen LogP contribution < -0.4 is 14.8 Å². The van der Waals surface area contributed by atoms with Crippen molar-refractivity contribution in [2.24, 2.45) is 0 Å². The minimum Gasteiger partial charge on any atom is -0.493 e. The lowest BCUT2D eigenvalue weighted by molar-refractivity contribution is 0.135. The fraction of sp³-hybridized carbons (Fsp3) is 0.600. The molecule has 5 nitrogen and oxygen atoms in total. The molecule has 0 saturated heterocycles. The van der Waals surface area contributed by atoms with Gasteiger partial charge in [0.1, 0.15) is 0 Å². The fourth-order valence-corrected chi connectivity index (χ4v) is 1.77. The summed E-state index contributed by atoms with van der Waals surface area (Å²) < 4.78 is 21.0. The Kier molecular flexibility index (Phi) is 8.78. The zero-order valence-corrected chi connectivity index (χ0v) is 12.6. The van der Waals surface area contributed by atoms with E-state index in [4.69, 9.17) is 18.9 Å². The number of hydrogen-bond acceptors (Lipinski definition) is 5. The molecule has 20 heavy (non-hydrogen) atoms. The second-order valence-electron chi connectivity index (χ2n) is 4.29. The summed E-state index contributed by atoms with van der Waals surface area (Å²) >= 11 is 0. The van der Waals surface area contributed by atoms with Gasteiger partial charge in [-0.15, -0.1) is 0 Å². The van der Waals surface area contributed by atoms with E-state index in [0.717, 1.165) is 37.6 Å². The van der Waals surface area contributed by atoms with E-state index in [1.165, 1.54) is 5.56 Å². The van der Waals surface area contributed by atoms with E-state index in [1.54, 1.807) is 21.3 Å². The number of benzene rings is 1. The van der Waals surface area contributed by atoms with Gasteiger partial charge in [-0.2, -0.15) is 0 Å². The Morgan fingerprint density at radius 3 is 2.35 bits per heavy atom. The Bertz CT molecular complexity index is 371. The molecule has 114 valence electrons. The predicted molar refractivity (Wildman–Crippen MR) is 78.8 cm³/mol. The van der Waals surface area contributed by atoms with Gasteiger partial charge in [0.15, 0.2) is 11.5 Å². The number of nitrogens with one attached hydrogen (secondary N) is 1. The third-order valence-electron chi connectivity index (χ3n) is 2.89. The molecule has 0 atom stereocenters. The molecule has 0 aromatic heterocycles. The van der Waals surface area contributed by atoms with Crippen LogP contribution >= 0.6 is 0 Å². The minimum absolute atomic E-state index is 0.696. The molecule has 0 bridgehead atoms. The highest BCUT2D eigenvalue weighted by atomic mass is 16.5. The first-order chi connectivity index (χ1) is 9.81. The topological polar surface area (TPSA) is 49.0 Å². The molecule has 1 N–H and O–H groups in total. The molecule has 0 spiro atoms. The number of methoxy groups -OCH3 is 3. The first-order valence-electron chi connectivity index (χ1n) is 6.80. The van der Waals surface area contributed by atoms with Gasteiger partial charge < -0.3 is 24.3 Å². The summed E-state index contributed by atoms with van der Waals surface area (Å²) in [7, 11) is 4.97. The Morgan fingerprint density at radius 2 is 1.65 bits per heavy atom. The first-order valence-corrected chi connectivity index (χ1v) is 6.80. The van der Waals surface area contributed by atoms with Gasteiger partial charge in [-0.3, -0.25) is 0 Å². The van der Waals surface area contributed by atoms with Crippen molar-refractivity contribution in [3.8, 4) is 11.5 Å². The average molecular weight is 283 g/mol. The van der Waals surface area contributed by atoms with Gasteiger partial charge in [0, 0.05) is 20.2 Å². The molecule has 0 aliphatic rings. The van der Waals surface area contributed by atoms with Crippen LogP contribution in [0.2, 0.25) is 0 Å². The monoisotopic (exact) mass is 283 g/mol. The Hall–Kier alpha value is -1.30. The first kappa shape index (κ1) is 16.8. The van der Waals surface area contributed by atoms with Gasteiger partial charge in [-0.1, -0.05) is 6.07 Å². The third kappa shape index (κ3) is 6.23. The SMILES string of the molecule is COCCNCCOCCc1ccc(OC)c(OC)c1. The van der Waals surface area contributed by atoms with E-state index in [1.807, 2.05) is 18.2 Å². The second kappa shape index (κ2) is 10.5. The summed E-state index contributed by atoms with van der Waals surface area (Å²) in [6.07, 6.45) is 0.860. The Labute approximate surface area is 121 Å². The highest BCUT2D eigenvalue weighted by molar-refractivity contribution is 5.42. The largest absolute Gasteiger partial charge is 0.493 e. The van der Waals surface area contributed by atoms with Crippen molar-refractivity contribution in [1.29, 1.82) is 0 Å². The van der Waals surface area contributed by atoms with E-state index in [0.29, 0.717) is 13.2 Å². The van der Waals surface area contributed by atoms with Gasteiger partial charge in [0.2, 0.25) is 0 Å². The molecule has 1 aromatic carbocycles. The lowest BCUT2D eigenvalue weighted by atomic mass is 10.1. The summed E-state index contributed by atoms with van der Waals surface area (Å²) in [5.41, 5.74) is 1.18. The lowest BCUT2D eigenvalue weighted by Crippen LogP contribution is -2.23. The molecule has 0 aliphatic heterocycles. The minimum atomic E-state index is 0.696. The Morgan fingerprint density at radius 1 is 0.900 bits per heavy atom. The molecular weight excluding hydrogens is 258 g/mol. The smallest absolute Gasteiger partial charge is 0.160 e. The van der Waals surface area contributed by atoms with Crippen LogP contribution in [0.25, 0.3) is 0 Å². The molecule has 1 aromatic rings. The molecule has 0 fully saturated rings. The van der Waals surface area contributed by atoms with Crippen molar-refractivity contribution < 1.29 is 18.9 Å². The molecule has 1 rings (SSSR count). The average Bonchev–Trinajstić information content (AvgIpc) is 2.49. The summed E-state index contributed by atoms with van der Waals surface area (Å²) in [5, 5.41) is 3.23. The second-order valence-corrected chi connectivity index (χ2v) is 4.29. The molecule has 0 amide bonds. The summed E-state index contributed by atoms with van der Waals surface area (Å²) in [6, 6.07) is 5.93. The van der Waals surface area contributed by atoms with Crippen LogP contribution in [0.4, 0.5) is 0 Å². The highest BCUT2D eigenvalue weighted by Crippen LogP contribution is 2.27. The third-order valence-corrected chi connectivity index (χ3v) is 2.89. The molecule has 0 heterocycles. The molecule has 0 radical (unpaired) electrons. The van der Waals surface area contributed by atoms with E-state index < -0.39 is 0 Å². The van der Waals surface area contributed by atoms with Crippen molar-refractivity contribution in [1.82, 2.24) is 5.32 Å². The standard InChI is InChI=1S/C15H25NO4/c1-17-10-7-16-8-11-20-9-6-13-4-5-14(18-2)15(12-13)19-3/h4-5,12,16H,6-11H2,1-3H3. The van der Waals surface area contributed by atoms with Crippen LogP contribution in [-0.4, -0.2) is 54.2 Å². The number of rotatable bonds is 11. The molecular formula is C15H25NO4. The van der Waals surface area contributed by atoms with Crippen LogP contribution in [0.3, 0.4) is 0 Å². The van der Waals surface area contributed by atoms with Gasteiger partial charge in [0.05, 0.1) is 34.0 Å². The van der Waals surface area contributed by atoms with Gasteiger partial charge in [-0.25, -0.2) is 0 Å². The van der Waals surface area contributed by atoms with Crippen LogP contribution in [0.1, 0.15) is 5.56 Å². The van der Waals surface area contributed by atoms with E-state index in [2.05, 4.69) is 5.32 Å². The van der Waals surface area contributed by atoms with Crippen molar-refractivity contribution in [2.75, 3.05) is 54.2 Å². The Balaban J connectivity index is 2.18. The van der Waals surface area contributed by atoms with Crippen LogP contribution in [0.5, 0.6) is 11.5 Å². The summed E-state index contributed by atoms with van der Waals surface area (Å²) in [5.74, 6) is 1.51. The zero-order valence-electron chi connectivity index (χ0n) is 12.6. The molecule has 0 saturated carbocycles. The zero-order chi connectivity index (χ0) is 14.6. The van der Waals surface area contributed by atoms with Crippen molar-refractivity contribution >= 4 is 0 Å². The predicted octanol–water partition coefficient (Wildman–Crippen LogP) is 1.50. The molecule has 0 unspecified atom stereocenters. The maximum atomic E-state index is 5.57. The normalized spacial score (nSPS) is 10.6. The van der Waals surface area contributed by atoms with Gasteiger partial charge >= 0.3 is 0 Å². The van der Waals surface area contributed by atoms with Crippen LogP contribution in [-0.2, 0) is 15.9 Å². The maximum absolute atomic E-state index is 5.57. The quantitative estimate of drug-likeness (QED) is 0.624. The van der Waals surface area contributed by atoms with E-state index in [-0.39, 0.29) is 0 Å². The van der Waals surface area contributed by atoms with E-state index in [9.17, 15) is 0 Å². The maximum Gasteiger partial charge on any atom is 0.160 e.